The highest BCUT2D eigenvalue weighted by Crippen LogP contribution is 2.26. The van der Waals surface area contributed by atoms with E-state index in [4.69, 9.17) is 11.6 Å². The van der Waals surface area contributed by atoms with Crippen molar-refractivity contribution in [1.82, 2.24) is 0 Å². The van der Waals surface area contributed by atoms with E-state index in [2.05, 4.69) is 24.4 Å². The lowest BCUT2D eigenvalue weighted by Crippen LogP contribution is -2.24. The van der Waals surface area contributed by atoms with E-state index in [0.717, 1.165) is 10.7 Å². The summed E-state index contributed by atoms with van der Waals surface area (Å²) in [6.45, 7) is 2.06. The summed E-state index contributed by atoms with van der Waals surface area (Å²) in [5, 5.41) is 4.37. The second kappa shape index (κ2) is 5.13. The van der Waals surface area contributed by atoms with Crippen molar-refractivity contribution in [3.8, 4) is 0 Å². The van der Waals surface area contributed by atoms with Gasteiger partial charge in [0.1, 0.15) is 0 Å². The van der Waals surface area contributed by atoms with E-state index in [-0.39, 0.29) is 0 Å². The van der Waals surface area contributed by atoms with E-state index in [1.54, 1.807) is 0 Å². The van der Waals surface area contributed by atoms with Gasteiger partial charge >= 0.3 is 0 Å². The minimum atomic E-state index is 0.603. The Hall–Kier alpha value is -0.340. The summed E-state index contributed by atoms with van der Waals surface area (Å²) in [7, 11) is 0. The van der Waals surface area contributed by atoms with Crippen LogP contribution in [0.2, 0.25) is 5.02 Å². The first kappa shape index (κ1) is 11.2. The average Bonchev–Trinajstić information content (AvgIpc) is 2.24. The van der Waals surface area contributed by atoms with Crippen LogP contribution >= 0.6 is 23.4 Å². The van der Waals surface area contributed by atoms with Gasteiger partial charge in [0.05, 0.1) is 10.7 Å². The van der Waals surface area contributed by atoms with Gasteiger partial charge in [0.2, 0.25) is 0 Å². The fraction of sp³-hybridized carbons (Fsp3) is 0.500. The highest BCUT2D eigenvalue weighted by molar-refractivity contribution is 7.99. The van der Waals surface area contributed by atoms with Crippen molar-refractivity contribution in [3.63, 3.8) is 0 Å². The molecule has 0 aromatic heterocycles. The highest BCUT2D eigenvalue weighted by atomic mass is 35.5. The van der Waals surface area contributed by atoms with E-state index in [1.165, 1.54) is 29.9 Å². The van der Waals surface area contributed by atoms with Gasteiger partial charge in [-0.3, -0.25) is 0 Å². The van der Waals surface area contributed by atoms with E-state index in [0.29, 0.717) is 6.04 Å². The second-order valence-electron chi connectivity index (χ2n) is 4.01. The van der Waals surface area contributed by atoms with Crippen LogP contribution in [0.3, 0.4) is 0 Å². The van der Waals surface area contributed by atoms with Crippen molar-refractivity contribution < 1.29 is 0 Å². The summed E-state index contributed by atoms with van der Waals surface area (Å²) in [4.78, 5) is 0. The smallest absolute Gasteiger partial charge is 0.0640 e. The first-order valence-corrected chi connectivity index (χ1v) is 6.89. The molecule has 1 fully saturated rings. The maximum Gasteiger partial charge on any atom is 0.0640 e. The van der Waals surface area contributed by atoms with Gasteiger partial charge in [-0.05, 0) is 49.0 Å². The molecule has 0 spiro atoms. The lowest BCUT2D eigenvalue weighted by atomic mass is 10.1. The molecule has 15 heavy (non-hydrogen) atoms. The van der Waals surface area contributed by atoms with E-state index < -0.39 is 0 Å². The van der Waals surface area contributed by atoms with Crippen molar-refractivity contribution in [2.45, 2.75) is 25.8 Å². The molecule has 3 heteroatoms. The molecule has 1 aromatic rings. The molecule has 0 bridgehead atoms. The first-order valence-electron chi connectivity index (χ1n) is 5.36. The maximum atomic E-state index is 6.18. The third-order valence-electron chi connectivity index (χ3n) is 2.71. The number of benzene rings is 1. The Morgan fingerprint density at radius 1 is 1.33 bits per heavy atom. The van der Waals surface area contributed by atoms with Crippen molar-refractivity contribution in [2.75, 3.05) is 16.8 Å². The van der Waals surface area contributed by atoms with Crippen molar-refractivity contribution in [3.05, 3.63) is 28.8 Å². The minimum Gasteiger partial charge on any atom is -0.381 e. The number of nitrogens with one attached hydrogen (secondary N) is 1. The molecule has 0 radical (unpaired) electrons. The van der Waals surface area contributed by atoms with Gasteiger partial charge in [-0.1, -0.05) is 17.7 Å². The van der Waals surface area contributed by atoms with Crippen molar-refractivity contribution in [1.29, 1.82) is 0 Å². The van der Waals surface area contributed by atoms with E-state index >= 15 is 0 Å². The number of halogens is 1. The van der Waals surface area contributed by atoms with Crippen LogP contribution in [0.25, 0.3) is 0 Å². The molecule has 1 N–H and O–H groups in total. The van der Waals surface area contributed by atoms with Crippen LogP contribution in [-0.4, -0.2) is 17.5 Å². The first-order chi connectivity index (χ1) is 7.25. The molecule has 1 aliphatic heterocycles. The number of anilines is 1. The Bertz CT molecular complexity index is 334. The Kier molecular flexibility index (Phi) is 3.81. The van der Waals surface area contributed by atoms with Crippen LogP contribution in [0.5, 0.6) is 0 Å². The molecule has 0 saturated carbocycles. The molecule has 1 saturated heterocycles. The zero-order chi connectivity index (χ0) is 10.7. The average molecular weight is 242 g/mol. The third-order valence-corrected chi connectivity index (χ3v) is 4.07. The molecular formula is C12H16ClNS. The number of aryl methyl sites for hydroxylation is 1. The predicted molar refractivity (Wildman–Crippen MR) is 70.2 cm³/mol. The highest BCUT2D eigenvalue weighted by Gasteiger charge is 2.14. The fourth-order valence-electron chi connectivity index (χ4n) is 1.80. The van der Waals surface area contributed by atoms with Crippen LogP contribution in [0.15, 0.2) is 18.2 Å². The van der Waals surface area contributed by atoms with Crippen LogP contribution < -0.4 is 5.32 Å². The van der Waals surface area contributed by atoms with Gasteiger partial charge in [-0.25, -0.2) is 0 Å². The van der Waals surface area contributed by atoms with Crippen molar-refractivity contribution >= 4 is 29.1 Å². The second-order valence-corrected chi connectivity index (χ2v) is 5.65. The SMILES string of the molecule is Cc1ccc(NC2CCSCC2)c(Cl)c1. The molecule has 0 unspecified atom stereocenters. The number of rotatable bonds is 2. The van der Waals surface area contributed by atoms with E-state index in [9.17, 15) is 0 Å². The molecule has 1 aromatic carbocycles. The Labute approximate surface area is 101 Å². The quantitative estimate of drug-likeness (QED) is 0.841. The van der Waals surface area contributed by atoms with Crippen LogP contribution in [0, 0.1) is 6.92 Å². The largest absolute Gasteiger partial charge is 0.381 e. The van der Waals surface area contributed by atoms with Gasteiger partial charge in [0.25, 0.3) is 0 Å². The van der Waals surface area contributed by atoms with Gasteiger partial charge < -0.3 is 5.32 Å². The monoisotopic (exact) mass is 241 g/mol. The molecular weight excluding hydrogens is 226 g/mol. The Morgan fingerprint density at radius 3 is 2.73 bits per heavy atom. The molecule has 1 heterocycles. The molecule has 82 valence electrons. The zero-order valence-corrected chi connectivity index (χ0v) is 10.5. The lowest BCUT2D eigenvalue weighted by molar-refractivity contribution is 0.667. The van der Waals surface area contributed by atoms with Crippen LogP contribution in [0.4, 0.5) is 5.69 Å². The lowest BCUT2D eigenvalue weighted by Gasteiger charge is -2.24. The van der Waals surface area contributed by atoms with Crippen molar-refractivity contribution in [2.24, 2.45) is 0 Å². The molecule has 1 aliphatic rings. The summed E-state index contributed by atoms with van der Waals surface area (Å²) in [5.74, 6) is 2.53. The molecule has 0 atom stereocenters. The maximum absolute atomic E-state index is 6.18. The molecule has 2 rings (SSSR count). The topological polar surface area (TPSA) is 12.0 Å². The van der Waals surface area contributed by atoms with Gasteiger partial charge in [-0.15, -0.1) is 0 Å². The number of hydrogen-bond donors (Lipinski definition) is 1. The molecule has 0 aliphatic carbocycles. The predicted octanol–water partition coefficient (Wildman–Crippen LogP) is 3.96. The summed E-state index contributed by atoms with van der Waals surface area (Å²) in [6.07, 6.45) is 2.49. The Balaban J connectivity index is 2.03. The van der Waals surface area contributed by atoms with Crippen LogP contribution in [0.1, 0.15) is 18.4 Å². The minimum absolute atomic E-state index is 0.603. The summed E-state index contributed by atoms with van der Waals surface area (Å²) in [5.41, 5.74) is 2.30. The van der Waals surface area contributed by atoms with E-state index in [1.807, 2.05) is 17.8 Å². The number of hydrogen-bond acceptors (Lipinski definition) is 2. The van der Waals surface area contributed by atoms with Crippen LogP contribution in [-0.2, 0) is 0 Å². The molecule has 0 amide bonds. The number of thioether (sulfide) groups is 1. The fourth-order valence-corrected chi connectivity index (χ4v) is 3.20. The summed E-state index contributed by atoms with van der Waals surface area (Å²) in [6, 6.07) is 6.80. The van der Waals surface area contributed by atoms with Gasteiger partial charge in [0.15, 0.2) is 0 Å². The zero-order valence-electron chi connectivity index (χ0n) is 8.92. The standard InChI is InChI=1S/C12H16ClNS/c1-9-2-3-12(11(13)8-9)14-10-4-6-15-7-5-10/h2-3,8,10,14H,4-7H2,1H3. The molecule has 1 nitrogen and oxygen atoms in total. The van der Waals surface area contributed by atoms with Gasteiger partial charge in [-0.2, -0.15) is 11.8 Å². The Morgan fingerprint density at radius 2 is 2.07 bits per heavy atom. The third kappa shape index (κ3) is 3.05. The summed E-state index contributed by atoms with van der Waals surface area (Å²) >= 11 is 8.22. The summed E-state index contributed by atoms with van der Waals surface area (Å²) < 4.78 is 0. The van der Waals surface area contributed by atoms with Gasteiger partial charge in [0, 0.05) is 6.04 Å². The normalized spacial score (nSPS) is 17.7.